The average Bonchev–Trinajstić information content (AvgIpc) is 2.38. The van der Waals surface area contributed by atoms with Gasteiger partial charge in [-0.1, -0.05) is 6.92 Å². The van der Waals surface area contributed by atoms with E-state index in [0.717, 1.165) is 32.6 Å². The third kappa shape index (κ3) is 3.57. The Morgan fingerprint density at radius 3 is 2.41 bits per heavy atom. The normalized spacial score (nSPS) is 24.4. The second-order valence-electron chi connectivity index (χ2n) is 5.18. The van der Waals surface area contributed by atoms with Gasteiger partial charge in [-0.2, -0.15) is 0 Å². The summed E-state index contributed by atoms with van der Waals surface area (Å²) in [4.78, 5) is 13.7. The summed E-state index contributed by atoms with van der Waals surface area (Å²) in [5, 5.41) is 3.04. The van der Waals surface area contributed by atoms with E-state index < -0.39 is 0 Å². The third-order valence-corrected chi connectivity index (χ3v) is 3.66. The predicted molar refractivity (Wildman–Crippen MR) is 64.0 cm³/mol. The number of urea groups is 1. The van der Waals surface area contributed by atoms with Gasteiger partial charge in [0.15, 0.2) is 0 Å². The molecule has 0 bridgehead atoms. The lowest BCUT2D eigenvalue weighted by Gasteiger charge is -2.35. The highest BCUT2D eigenvalue weighted by molar-refractivity contribution is 5.74. The third-order valence-electron chi connectivity index (χ3n) is 3.66. The molecule has 0 aromatic carbocycles. The summed E-state index contributed by atoms with van der Waals surface area (Å²) in [5.41, 5.74) is 0.195. The van der Waals surface area contributed by atoms with Gasteiger partial charge in [0.2, 0.25) is 0 Å². The van der Waals surface area contributed by atoms with E-state index >= 15 is 0 Å². The summed E-state index contributed by atoms with van der Waals surface area (Å²) in [6.07, 6.45) is 2.05. The molecule has 98 valence electrons. The molecule has 0 radical (unpaired) electrons. The van der Waals surface area contributed by atoms with Crippen molar-refractivity contribution in [1.29, 1.82) is 0 Å². The van der Waals surface area contributed by atoms with Gasteiger partial charge in [0, 0.05) is 32.8 Å². The molecule has 17 heavy (non-hydrogen) atoms. The van der Waals surface area contributed by atoms with Crippen LogP contribution in [0.25, 0.3) is 0 Å². The maximum Gasteiger partial charge on any atom is 0.317 e. The van der Waals surface area contributed by atoms with E-state index in [2.05, 4.69) is 12.2 Å². The summed E-state index contributed by atoms with van der Waals surface area (Å²) in [7, 11) is 0. The number of carbonyl (C=O) groups is 1. The van der Waals surface area contributed by atoms with Gasteiger partial charge >= 0.3 is 6.03 Å². The van der Waals surface area contributed by atoms with Crippen LogP contribution < -0.4 is 5.32 Å². The number of rotatable bonds is 2. The maximum atomic E-state index is 11.9. The van der Waals surface area contributed by atoms with Crippen molar-refractivity contribution in [2.45, 2.75) is 19.8 Å². The van der Waals surface area contributed by atoms with Crippen molar-refractivity contribution in [2.24, 2.45) is 5.41 Å². The summed E-state index contributed by atoms with van der Waals surface area (Å²) in [6, 6.07) is 0.0426. The Morgan fingerprint density at radius 2 is 1.76 bits per heavy atom. The lowest BCUT2D eigenvalue weighted by molar-refractivity contribution is 0.0227. The molecule has 2 rings (SSSR count). The molecule has 0 aromatic rings. The minimum absolute atomic E-state index is 0.0426. The first kappa shape index (κ1) is 12.6. The van der Waals surface area contributed by atoms with Gasteiger partial charge in [-0.05, 0) is 18.3 Å². The van der Waals surface area contributed by atoms with Crippen LogP contribution in [0.5, 0.6) is 0 Å². The average molecular weight is 242 g/mol. The molecule has 0 spiro atoms. The van der Waals surface area contributed by atoms with Crippen LogP contribution in [0.3, 0.4) is 0 Å². The minimum atomic E-state index is 0.0426. The number of nitrogens with zero attached hydrogens (tertiary/aromatic N) is 1. The number of morpholine rings is 1. The molecule has 2 amide bonds. The fourth-order valence-electron chi connectivity index (χ4n) is 2.21. The van der Waals surface area contributed by atoms with E-state index in [4.69, 9.17) is 9.47 Å². The molecule has 2 aliphatic rings. The highest BCUT2D eigenvalue weighted by Gasteiger charge is 2.28. The monoisotopic (exact) mass is 242 g/mol. The van der Waals surface area contributed by atoms with E-state index in [9.17, 15) is 4.79 Å². The summed E-state index contributed by atoms with van der Waals surface area (Å²) >= 11 is 0. The lowest BCUT2D eigenvalue weighted by Crippen LogP contribution is -2.49. The molecule has 0 aromatic heterocycles. The molecule has 0 atom stereocenters. The molecule has 2 aliphatic heterocycles. The molecule has 2 heterocycles. The number of ether oxygens (including phenoxy) is 2. The van der Waals surface area contributed by atoms with Crippen molar-refractivity contribution in [3.05, 3.63) is 0 Å². The van der Waals surface area contributed by atoms with E-state index in [1.807, 2.05) is 4.90 Å². The van der Waals surface area contributed by atoms with Crippen LogP contribution in [0.1, 0.15) is 19.8 Å². The van der Waals surface area contributed by atoms with Gasteiger partial charge in [0.25, 0.3) is 0 Å². The fraction of sp³-hybridized carbons (Fsp3) is 0.917. The van der Waals surface area contributed by atoms with E-state index in [-0.39, 0.29) is 11.4 Å². The first-order chi connectivity index (χ1) is 8.20. The highest BCUT2D eigenvalue weighted by atomic mass is 16.5. The Hall–Kier alpha value is -0.810. The molecule has 5 heteroatoms. The molecule has 5 nitrogen and oxygen atoms in total. The van der Waals surface area contributed by atoms with E-state index in [0.29, 0.717) is 26.3 Å². The number of hydrogen-bond donors (Lipinski definition) is 1. The van der Waals surface area contributed by atoms with Crippen molar-refractivity contribution >= 4 is 6.03 Å². The zero-order chi connectivity index (χ0) is 12.1. The first-order valence-electron chi connectivity index (χ1n) is 6.38. The Morgan fingerprint density at radius 1 is 1.18 bits per heavy atom. The molecule has 0 saturated carbocycles. The number of carbonyl (C=O) groups excluding carboxylic acids is 1. The smallest absolute Gasteiger partial charge is 0.317 e. The highest BCUT2D eigenvalue weighted by Crippen LogP contribution is 2.28. The number of nitrogens with one attached hydrogen (secondary N) is 1. The quantitative estimate of drug-likeness (QED) is 0.781. The number of amides is 2. The van der Waals surface area contributed by atoms with Crippen LogP contribution in [0, 0.1) is 5.41 Å². The first-order valence-corrected chi connectivity index (χ1v) is 6.38. The van der Waals surface area contributed by atoms with Crippen LogP contribution in [0.2, 0.25) is 0 Å². The zero-order valence-electron chi connectivity index (χ0n) is 10.5. The van der Waals surface area contributed by atoms with E-state index in [1.54, 1.807) is 0 Å². The van der Waals surface area contributed by atoms with Gasteiger partial charge in [0.05, 0.1) is 13.2 Å². The van der Waals surface area contributed by atoms with Crippen molar-refractivity contribution in [3.63, 3.8) is 0 Å². The minimum Gasteiger partial charge on any atom is -0.381 e. The molecular weight excluding hydrogens is 220 g/mol. The van der Waals surface area contributed by atoms with Gasteiger partial charge in [-0.3, -0.25) is 0 Å². The predicted octanol–water partition coefficient (Wildman–Crippen LogP) is 0.845. The molecule has 2 fully saturated rings. The zero-order valence-corrected chi connectivity index (χ0v) is 10.5. The van der Waals surface area contributed by atoms with Gasteiger partial charge < -0.3 is 19.7 Å². The van der Waals surface area contributed by atoms with Gasteiger partial charge in [-0.25, -0.2) is 4.79 Å². The van der Waals surface area contributed by atoms with Crippen LogP contribution in [-0.2, 0) is 9.47 Å². The summed E-state index contributed by atoms with van der Waals surface area (Å²) in [5.74, 6) is 0. The van der Waals surface area contributed by atoms with Crippen molar-refractivity contribution in [3.8, 4) is 0 Å². The molecule has 1 N–H and O–H groups in total. The SMILES string of the molecule is CC1(CNC(=O)N2CCOCC2)CCOCC1. The fourth-order valence-corrected chi connectivity index (χ4v) is 2.21. The Kier molecular flexibility index (Phi) is 4.23. The summed E-state index contributed by atoms with van der Waals surface area (Å²) < 4.78 is 10.6. The van der Waals surface area contributed by atoms with Gasteiger partial charge in [0.1, 0.15) is 0 Å². The summed E-state index contributed by atoms with van der Waals surface area (Å²) in [6.45, 7) is 7.28. The second-order valence-corrected chi connectivity index (χ2v) is 5.18. The van der Waals surface area contributed by atoms with Crippen LogP contribution >= 0.6 is 0 Å². The molecule has 0 unspecified atom stereocenters. The van der Waals surface area contributed by atoms with Crippen molar-refractivity contribution < 1.29 is 14.3 Å². The largest absolute Gasteiger partial charge is 0.381 e. The Balaban J connectivity index is 1.74. The second kappa shape index (κ2) is 5.69. The topological polar surface area (TPSA) is 50.8 Å². The standard InChI is InChI=1S/C12H22N2O3/c1-12(2-6-16-7-3-12)10-13-11(15)14-4-8-17-9-5-14/h2-10H2,1H3,(H,13,15). The van der Waals surface area contributed by atoms with Crippen molar-refractivity contribution in [1.82, 2.24) is 10.2 Å². The Labute approximate surface area is 102 Å². The Bertz CT molecular complexity index is 258. The molecular formula is C12H22N2O3. The molecule has 0 aliphatic carbocycles. The number of hydrogen-bond acceptors (Lipinski definition) is 3. The maximum absolute atomic E-state index is 11.9. The van der Waals surface area contributed by atoms with Gasteiger partial charge in [-0.15, -0.1) is 0 Å². The van der Waals surface area contributed by atoms with Crippen molar-refractivity contribution in [2.75, 3.05) is 46.1 Å². The van der Waals surface area contributed by atoms with E-state index in [1.165, 1.54) is 0 Å². The lowest BCUT2D eigenvalue weighted by atomic mass is 9.82. The van der Waals surface area contributed by atoms with Crippen LogP contribution in [-0.4, -0.2) is 57.0 Å². The molecule has 2 saturated heterocycles. The van der Waals surface area contributed by atoms with Crippen LogP contribution in [0.15, 0.2) is 0 Å². The van der Waals surface area contributed by atoms with Crippen LogP contribution in [0.4, 0.5) is 4.79 Å².